The van der Waals surface area contributed by atoms with Crippen molar-refractivity contribution in [1.82, 2.24) is 0 Å². The Hall–Kier alpha value is -0.0716. The van der Waals surface area contributed by atoms with Crippen LogP contribution in [0.3, 0.4) is 0 Å². The molecule has 0 fully saturated rings. The molecule has 0 bridgehead atoms. The molecule has 2 rings (SSSR count). The summed E-state index contributed by atoms with van der Waals surface area (Å²) in [4.78, 5) is 1.29. The van der Waals surface area contributed by atoms with Gasteiger partial charge >= 0.3 is 85.3 Å². The first-order chi connectivity index (χ1) is 5.86. The van der Waals surface area contributed by atoms with Gasteiger partial charge in [0.2, 0.25) is 0 Å². The topological polar surface area (TPSA) is 9.23 Å². The molecule has 0 radical (unpaired) electrons. The van der Waals surface area contributed by atoms with Gasteiger partial charge < -0.3 is 0 Å². The van der Waals surface area contributed by atoms with Gasteiger partial charge in [0.05, 0.1) is 0 Å². The number of rotatable bonds is 0. The summed E-state index contributed by atoms with van der Waals surface area (Å²) in [5.74, 6) is 2.25. The molecule has 0 aliphatic carbocycles. The third-order valence-electron chi connectivity index (χ3n) is 1.75. The van der Waals surface area contributed by atoms with Gasteiger partial charge in [-0.2, -0.15) is 0 Å². The Morgan fingerprint density at radius 3 is 3.17 bits per heavy atom. The van der Waals surface area contributed by atoms with Crippen LogP contribution in [0, 0.1) is 0 Å². The Balaban J connectivity index is 2.26. The zero-order chi connectivity index (χ0) is 8.39. The maximum absolute atomic E-state index is 5.66. The Bertz CT molecular complexity index is 250. The summed E-state index contributed by atoms with van der Waals surface area (Å²) in [6, 6.07) is 8.27. The molecule has 1 aromatic carbocycles. The molecule has 1 aliphatic rings. The molecule has 1 aliphatic heterocycles. The van der Waals surface area contributed by atoms with Crippen molar-refractivity contribution in [3.05, 3.63) is 24.3 Å². The summed E-state index contributed by atoms with van der Waals surface area (Å²) in [6.07, 6.45) is 0. The molecule has 0 spiro atoms. The summed E-state index contributed by atoms with van der Waals surface area (Å²) < 4.78 is 6.37. The van der Waals surface area contributed by atoms with Crippen molar-refractivity contribution in [2.45, 2.75) is 9.60 Å². The fourth-order valence-electron chi connectivity index (χ4n) is 1.13. The van der Waals surface area contributed by atoms with Gasteiger partial charge in [-0.05, 0) is 0 Å². The van der Waals surface area contributed by atoms with E-state index in [1.54, 1.807) is 16.9 Å². The molecule has 0 amide bonds. The molecule has 2 atom stereocenters. The molecule has 0 aromatic heterocycles. The van der Waals surface area contributed by atoms with E-state index in [1.807, 2.05) is 23.9 Å². The molecule has 0 N–H and O–H groups in total. The summed E-state index contributed by atoms with van der Waals surface area (Å²) in [5.41, 5.74) is 0. The number of ether oxygens (including phenoxy) is 1. The van der Waals surface area contributed by atoms with E-state index >= 15 is 0 Å². The predicted molar refractivity (Wildman–Crippen MR) is 55.0 cm³/mol. The molecule has 1 aromatic rings. The van der Waals surface area contributed by atoms with Crippen molar-refractivity contribution >= 4 is 28.6 Å². The summed E-state index contributed by atoms with van der Waals surface area (Å²) in [5, 5.41) is 0. The van der Waals surface area contributed by atoms with Gasteiger partial charge in [0.25, 0.3) is 0 Å². The van der Waals surface area contributed by atoms with E-state index in [0.717, 1.165) is 17.1 Å². The quantitative estimate of drug-likeness (QED) is 0.639. The number of fused-ring (bicyclic) bond motifs is 1. The van der Waals surface area contributed by atoms with Crippen molar-refractivity contribution in [2.24, 2.45) is 0 Å². The standard InChI is InChI=1S/C9H11AsOS/c10-7-5-11-8-3-1-2-4-9(8)12-6-7/h1-4,7H,5-6,10H2/t7-/m1/s1. The summed E-state index contributed by atoms with van der Waals surface area (Å²) in [7, 11) is 0. The number of thioether (sulfide) groups is 1. The Morgan fingerprint density at radius 1 is 1.42 bits per heavy atom. The molecule has 0 saturated carbocycles. The minimum absolute atomic E-state index is 0.717. The second-order valence-corrected chi connectivity index (χ2v) is 5.87. The van der Waals surface area contributed by atoms with Gasteiger partial charge in [0.1, 0.15) is 0 Å². The monoisotopic (exact) mass is 242 g/mol. The van der Waals surface area contributed by atoms with Crippen LogP contribution < -0.4 is 4.74 Å². The van der Waals surface area contributed by atoms with Crippen LogP contribution in [0.25, 0.3) is 0 Å². The van der Waals surface area contributed by atoms with Gasteiger partial charge in [-0.25, -0.2) is 0 Å². The van der Waals surface area contributed by atoms with E-state index in [-0.39, 0.29) is 0 Å². The van der Waals surface area contributed by atoms with Crippen LogP contribution in [0.5, 0.6) is 5.75 Å². The first-order valence-electron chi connectivity index (χ1n) is 3.96. The number of para-hydroxylation sites is 1. The first kappa shape index (κ1) is 8.52. The van der Waals surface area contributed by atoms with Crippen LogP contribution in [0.4, 0.5) is 0 Å². The molecular formula is C9H11AsOS. The van der Waals surface area contributed by atoms with Crippen molar-refractivity contribution in [2.75, 3.05) is 12.4 Å². The van der Waals surface area contributed by atoms with Crippen LogP contribution in [0.15, 0.2) is 29.2 Å². The van der Waals surface area contributed by atoms with Crippen LogP contribution in [0.1, 0.15) is 0 Å². The molecular weight excluding hydrogens is 231 g/mol. The predicted octanol–water partition coefficient (Wildman–Crippen LogP) is 1.59. The van der Waals surface area contributed by atoms with Crippen LogP contribution in [0.2, 0.25) is 4.71 Å². The van der Waals surface area contributed by atoms with E-state index in [4.69, 9.17) is 4.74 Å². The zero-order valence-electron chi connectivity index (χ0n) is 6.69. The van der Waals surface area contributed by atoms with Crippen molar-refractivity contribution in [3.63, 3.8) is 0 Å². The Kier molecular flexibility index (Phi) is 2.67. The third-order valence-corrected chi connectivity index (χ3v) is 4.61. The van der Waals surface area contributed by atoms with E-state index < -0.39 is 0 Å². The minimum atomic E-state index is 0.717. The normalized spacial score (nSPS) is 22.2. The van der Waals surface area contributed by atoms with E-state index in [0.29, 0.717) is 0 Å². The van der Waals surface area contributed by atoms with Crippen molar-refractivity contribution in [1.29, 1.82) is 0 Å². The van der Waals surface area contributed by atoms with E-state index in [9.17, 15) is 0 Å². The van der Waals surface area contributed by atoms with E-state index in [1.165, 1.54) is 10.6 Å². The van der Waals surface area contributed by atoms with Crippen molar-refractivity contribution < 1.29 is 4.74 Å². The summed E-state index contributed by atoms with van der Waals surface area (Å²) in [6.45, 7) is 0.879. The first-order valence-corrected chi connectivity index (χ1v) is 6.35. The molecule has 0 saturated heterocycles. The molecule has 12 heavy (non-hydrogen) atoms. The SMILES string of the molecule is [AsH2][C@@H]1COc2ccccc2SC1. The Morgan fingerprint density at radius 2 is 2.25 bits per heavy atom. The van der Waals surface area contributed by atoms with Gasteiger partial charge in [-0.3, -0.25) is 0 Å². The van der Waals surface area contributed by atoms with Gasteiger partial charge in [0.15, 0.2) is 0 Å². The van der Waals surface area contributed by atoms with Crippen LogP contribution in [-0.4, -0.2) is 29.2 Å². The van der Waals surface area contributed by atoms with Crippen LogP contribution in [-0.2, 0) is 0 Å². The molecule has 1 heterocycles. The third kappa shape index (κ3) is 1.81. The van der Waals surface area contributed by atoms with E-state index in [2.05, 4.69) is 12.1 Å². The molecule has 64 valence electrons. The zero-order valence-corrected chi connectivity index (χ0v) is 9.93. The Labute approximate surface area is 85.4 Å². The summed E-state index contributed by atoms with van der Waals surface area (Å²) >= 11 is 3.69. The molecule has 3 heteroatoms. The van der Waals surface area contributed by atoms with Gasteiger partial charge in [-0.1, -0.05) is 0 Å². The average molecular weight is 242 g/mol. The maximum atomic E-state index is 5.66. The van der Waals surface area contributed by atoms with Crippen LogP contribution >= 0.6 is 11.8 Å². The number of benzene rings is 1. The van der Waals surface area contributed by atoms with Gasteiger partial charge in [0, 0.05) is 0 Å². The molecule has 1 unspecified atom stereocenters. The van der Waals surface area contributed by atoms with Crippen molar-refractivity contribution in [3.8, 4) is 5.75 Å². The van der Waals surface area contributed by atoms with Gasteiger partial charge in [-0.15, -0.1) is 0 Å². The number of hydrogen-bond acceptors (Lipinski definition) is 2. The fourth-order valence-corrected chi connectivity index (χ4v) is 2.87. The molecule has 1 nitrogen and oxygen atoms in total. The second-order valence-electron chi connectivity index (χ2n) is 2.83. The second kappa shape index (κ2) is 3.76. The number of hydrogen-bond donors (Lipinski definition) is 0. The average Bonchev–Trinajstić information content (AvgIpc) is 2.29. The fraction of sp³-hybridized carbons (Fsp3) is 0.333.